The number of rotatable bonds is 2. The van der Waals surface area contributed by atoms with Crippen LogP contribution in [0.5, 0.6) is 0 Å². The van der Waals surface area contributed by atoms with Crippen LogP contribution in [-0.4, -0.2) is 51.8 Å². The first-order chi connectivity index (χ1) is 10.5. The Labute approximate surface area is 136 Å². The van der Waals surface area contributed by atoms with Crippen molar-refractivity contribution in [2.75, 3.05) is 31.1 Å². The molecule has 7 heteroatoms. The van der Waals surface area contributed by atoms with Crippen molar-refractivity contribution in [3.63, 3.8) is 0 Å². The summed E-state index contributed by atoms with van der Waals surface area (Å²) in [5, 5.41) is 4.06. The predicted molar refractivity (Wildman–Crippen MR) is 85.7 cm³/mol. The van der Waals surface area contributed by atoms with Gasteiger partial charge in [-0.05, 0) is 22.0 Å². The molecule has 1 spiro atoms. The number of halogens is 1. The lowest BCUT2D eigenvalue weighted by Crippen LogP contribution is -2.73. The Bertz CT molecular complexity index is 729. The van der Waals surface area contributed by atoms with Crippen molar-refractivity contribution in [3.05, 3.63) is 40.9 Å². The van der Waals surface area contributed by atoms with Gasteiger partial charge in [-0.25, -0.2) is 0 Å². The van der Waals surface area contributed by atoms with Gasteiger partial charge in [0.2, 0.25) is 0 Å². The summed E-state index contributed by atoms with van der Waals surface area (Å²) < 4.78 is 2.65. The van der Waals surface area contributed by atoms with Crippen LogP contribution in [0.4, 0.5) is 5.69 Å². The third kappa shape index (κ3) is 2.20. The molecule has 0 unspecified atom stereocenters. The fourth-order valence-corrected chi connectivity index (χ4v) is 3.69. The summed E-state index contributed by atoms with van der Waals surface area (Å²) in [7, 11) is 1.82. The van der Waals surface area contributed by atoms with E-state index in [0.717, 1.165) is 36.3 Å². The second-order valence-corrected chi connectivity index (χ2v) is 7.20. The molecule has 0 aromatic carbocycles. The van der Waals surface area contributed by atoms with E-state index in [4.69, 9.17) is 0 Å². The molecule has 22 heavy (non-hydrogen) atoms. The van der Waals surface area contributed by atoms with Crippen LogP contribution in [0.2, 0.25) is 0 Å². The van der Waals surface area contributed by atoms with Crippen molar-refractivity contribution in [1.82, 2.24) is 19.7 Å². The molecule has 0 N–H and O–H groups in total. The lowest BCUT2D eigenvalue weighted by molar-refractivity contribution is -0.0105. The van der Waals surface area contributed by atoms with Crippen molar-refractivity contribution in [3.8, 4) is 0 Å². The summed E-state index contributed by atoms with van der Waals surface area (Å²) in [5.74, 6) is 0.0845. The van der Waals surface area contributed by atoms with E-state index in [0.29, 0.717) is 5.56 Å². The van der Waals surface area contributed by atoms with Crippen LogP contribution >= 0.6 is 15.9 Å². The second-order valence-electron chi connectivity index (χ2n) is 6.28. The van der Waals surface area contributed by atoms with Gasteiger partial charge in [-0.1, -0.05) is 0 Å². The van der Waals surface area contributed by atoms with Gasteiger partial charge in [-0.3, -0.25) is 14.5 Å². The van der Waals surface area contributed by atoms with Crippen LogP contribution in [0.25, 0.3) is 0 Å². The maximum atomic E-state index is 12.3. The smallest absolute Gasteiger partial charge is 0.257 e. The lowest BCUT2D eigenvalue weighted by atomic mass is 9.72. The first-order valence-corrected chi connectivity index (χ1v) is 7.97. The molecule has 2 aliphatic rings. The molecule has 2 aromatic heterocycles. The largest absolute Gasteiger partial charge is 0.369 e. The van der Waals surface area contributed by atoms with E-state index < -0.39 is 0 Å². The van der Waals surface area contributed by atoms with Gasteiger partial charge < -0.3 is 9.80 Å². The molecule has 0 saturated carbocycles. The quantitative estimate of drug-likeness (QED) is 0.814. The number of aromatic nitrogens is 3. The van der Waals surface area contributed by atoms with Gasteiger partial charge in [-0.15, -0.1) is 0 Å². The third-order valence-electron chi connectivity index (χ3n) is 4.40. The van der Waals surface area contributed by atoms with E-state index in [1.807, 2.05) is 18.1 Å². The predicted octanol–water partition coefficient (Wildman–Crippen LogP) is 1.54. The number of likely N-dealkylation sites (tertiary alicyclic amines) is 1. The molecular formula is C15H16BrN5O. The number of anilines is 1. The molecule has 2 saturated heterocycles. The monoisotopic (exact) mass is 361 g/mol. The van der Waals surface area contributed by atoms with Crippen LogP contribution in [-0.2, 0) is 7.05 Å². The van der Waals surface area contributed by atoms with Crippen molar-refractivity contribution in [2.45, 2.75) is 0 Å². The fraction of sp³-hybridized carbons (Fsp3) is 0.400. The Kier molecular flexibility index (Phi) is 3.00. The number of amides is 1. The number of carbonyl (C=O) groups is 1. The molecule has 2 aromatic rings. The summed E-state index contributed by atoms with van der Waals surface area (Å²) in [5.41, 5.74) is 2.07. The number of carbonyl (C=O) groups excluding carboxylic acids is 1. The molecule has 2 aliphatic heterocycles. The third-order valence-corrected chi connectivity index (χ3v) is 4.83. The molecule has 2 fully saturated rings. The minimum Gasteiger partial charge on any atom is -0.369 e. The SMILES string of the molecule is Cn1cc(C(=O)N2CC3(C2)CN(c2cncc(Br)c2)C3)cn1. The highest BCUT2D eigenvalue weighted by Crippen LogP contribution is 2.42. The topological polar surface area (TPSA) is 54.3 Å². The van der Waals surface area contributed by atoms with Gasteiger partial charge in [0, 0.05) is 55.5 Å². The first kappa shape index (κ1) is 13.8. The Morgan fingerprint density at radius 2 is 2.00 bits per heavy atom. The van der Waals surface area contributed by atoms with Crippen LogP contribution in [0, 0.1) is 5.41 Å². The van der Waals surface area contributed by atoms with Crippen molar-refractivity contribution >= 4 is 27.5 Å². The van der Waals surface area contributed by atoms with Crippen molar-refractivity contribution in [1.29, 1.82) is 0 Å². The van der Waals surface area contributed by atoms with E-state index in [2.05, 4.69) is 37.0 Å². The molecule has 0 radical (unpaired) electrons. The fourth-order valence-electron chi connectivity index (χ4n) is 3.34. The molecule has 0 aliphatic carbocycles. The normalized spacial score (nSPS) is 19.0. The Morgan fingerprint density at radius 1 is 1.23 bits per heavy atom. The molecular weight excluding hydrogens is 346 g/mol. The minimum atomic E-state index is 0.0845. The molecule has 1 amide bonds. The highest BCUT2D eigenvalue weighted by Gasteiger charge is 2.53. The average Bonchev–Trinajstić information content (AvgIpc) is 2.82. The van der Waals surface area contributed by atoms with Crippen molar-refractivity contribution in [2.24, 2.45) is 12.5 Å². The summed E-state index contributed by atoms with van der Waals surface area (Å²) >= 11 is 3.45. The van der Waals surface area contributed by atoms with Gasteiger partial charge in [0.05, 0.1) is 23.6 Å². The van der Waals surface area contributed by atoms with E-state index in [1.165, 1.54) is 0 Å². The standard InChI is InChI=1S/C15H16BrN5O/c1-19-6-11(3-18-19)14(22)21-9-15(10-21)7-20(8-15)13-2-12(16)4-17-5-13/h2-6H,7-10H2,1H3. The van der Waals surface area contributed by atoms with E-state index in [9.17, 15) is 4.79 Å². The zero-order valence-corrected chi connectivity index (χ0v) is 13.8. The zero-order chi connectivity index (χ0) is 15.3. The van der Waals surface area contributed by atoms with Gasteiger partial charge in [0.15, 0.2) is 0 Å². The molecule has 4 rings (SSSR count). The highest BCUT2D eigenvalue weighted by atomic mass is 79.9. The van der Waals surface area contributed by atoms with Crippen LogP contribution in [0.3, 0.4) is 0 Å². The Hall–Kier alpha value is -1.89. The second kappa shape index (κ2) is 4.81. The van der Waals surface area contributed by atoms with Gasteiger partial charge in [0.1, 0.15) is 0 Å². The van der Waals surface area contributed by atoms with Crippen LogP contribution in [0.1, 0.15) is 10.4 Å². The van der Waals surface area contributed by atoms with Gasteiger partial charge in [0.25, 0.3) is 5.91 Å². The number of aryl methyl sites for hydroxylation is 1. The van der Waals surface area contributed by atoms with E-state index in [-0.39, 0.29) is 11.3 Å². The van der Waals surface area contributed by atoms with Crippen LogP contribution < -0.4 is 4.90 Å². The van der Waals surface area contributed by atoms with Gasteiger partial charge in [-0.2, -0.15) is 5.10 Å². The molecule has 114 valence electrons. The summed E-state index contributed by atoms with van der Waals surface area (Å²) in [6, 6.07) is 2.08. The Balaban J connectivity index is 1.36. The first-order valence-electron chi connectivity index (χ1n) is 7.18. The summed E-state index contributed by atoms with van der Waals surface area (Å²) in [6.45, 7) is 3.64. The Morgan fingerprint density at radius 3 is 2.64 bits per heavy atom. The van der Waals surface area contributed by atoms with Crippen molar-refractivity contribution < 1.29 is 4.79 Å². The zero-order valence-electron chi connectivity index (χ0n) is 12.2. The number of nitrogens with zero attached hydrogens (tertiary/aromatic N) is 5. The maximum absolute atomic E-state index is 12.3. The van der Waals surface area contributed by atoms with E-state index >= 15 is 0 Å². The summed E-state index contributed by atoms with van der Waals surface area (Å²) in [4.78, 5) is 20.7. The number of hydrogen-bond donors (Lipinski definition) is 0. The maximum Gasteiger partial charge on any atom is 0.257 e. The molecule has 0 bridgehead atoms. The molecule has 4 heterocycles. The summed E-state index contributed by atoms with van der Waals surface area (Å²) in [6.07, 6.45) is 7.08. The highest BCUT2D eigenvalue weighted by molar-refractivity contribution is 9.10. The van der Waals surface area contributed by atoms with Gasteiger partial charge >= 0.3 is 0 Å². The minimum absolute atomic E-state index is 0.0845. The number of hydrogen-bond acceptors (Lipinski definition) is 4. The lowest BCUT2D eigenvalue weighted by Gasteiger charge is -2.60. The van der Waals surface area contributed by atoms with E-state index in [1.54, 1.807) is 23.3 Å². The number of pyridine rings is 1. The molecule has 0 atom stereocenters. The average molecular weight is 362 g/mol. The van der Waals surface area contributed by atoms with Crippen LogP contribution in [0.15, 0.2) is 35.3 Å². The molecule has 6 nitrogen and oxygen atoms in total.